The van der Waals surface area contributed by atoms with E-state index < -0.39 is 34.0 Å². The fourth-order valence-corrected chi connectivity index (χ4v) is 4.60. The summed E-state index contributed by atoms with van der Waals surface area (Å²) in [4.78, 5) is 0.142. The highest BCUT2D eigenvalue weighted by atomic mass is 32.2. The molecule has 1 heterocycles. The fraction of sp³-hybridized carbons (Fsp3) is 0.231. The second kappa shape index (κ2) is 5.70. The van der Waals surface area contributed by atoms with Gasteiger partial charge in [-0.25, -0.2) is 17.2 Å². The molecule has 0 radical (unpaired) electrons. The van der Waals surface area contributed by atoms with Gasteiger partial charge in [0.2, 0.25) is 0 Å². The van der Waals surface area contributed by atoms with Crippen LogP contribution in [0, 0.1) is 25.5 Å². The molecular weight excluding hydrogens is 320 g/mol. The molecule has 114 valence electrons. The van der Waals surface area contributed by atoms with E-state index >= 15 is 0 Å². The number of sulfonamides is 1. The minimum atomic E-state index is -4.10. The number of halogens is 2. The third kappa shape index (κ3) is 3.07. The van der Waals surface area contributed by atoms with Crippen LogP contribution in [0.1, 0.15) is 16.0 Å². The van der Waals surface area contributed by atoms with E-state index in [4.69, 9.17) is 0 Å². The Morgan fingerprint density at radius 3 is 2.48 bits per heavy atom. The Labute approximate surface area is 125 Å². The van der Waals surface area contributed by atoms with Crippen molar-refractivity contribution < 1.29 is 22.3 Å². The molecule has 0 bridgehead atoms. The highest BCUT2D eigenvalue weighted by Crippen LogP contribution is 2.29. The molecule has 4 nitrogen and oxygen atoms in total. The number of hydrogen-bond acceptors (Lipinski definition) is 4. The summed E-state index contributed by atoms with van der Waals surface area (Å²) in [5.41, 5.74) is 0.0512. The zero-order chi connectivity index (χ0) is 15.8. The van der Waals surface area contributed by atoms with Gasteiger partial charge in [0.05, 0.1) is 17.2 Å². The van der Waals surface area contributed by atoms with Crippen LogP contribution in [0.15, 0.2) is 22.4 Å². The van der Waals surface area contributed by atoms with Crippen molar-refractivity contribution in [3.8, 4) is 0 Å². The first-order valence-corrected chi connectivity index (χ1v) is 8.29. The van der Waals surface area contributed by atoms with Gasteiger partial charge in [-0.05, 0) is 36.4 Å². The molecule has 0 saturated heterocycles. The Morgan fingerprint density at radius 1 is 1.19 bits per heavy atom. The topological polar surface area (TPSA) is 66.4 Å². The quantitative estimate of drug-likeness (QED) is 0.904. The van der Waals surface area contributed by atoms with Crippen molar-refractivity contribution in [2.75, 3.05) is 4.72 Å². The molecule has 0 unspecified atom stereocenters. The van der Waals surface area contributed by atoms with E-state index in [1.165, 1.54) is 6.92 Å². The number of aliphatic hydroxyl groups is 1. The molecule has 0 saturated carbocycles. The van der Waals surface area contributed by atoms with E-state index in [0.29, 0.717) is 5.56 Å². The summed E-state index contributed by atoms with van der Waals surface area (Å²) in [7, 11) is -4.10. The number of anilines is 1. The van der Waals surface area contributed by atoms with Crippen LogP contribution in [0.4, 0.5) is 14.5 Å². The summed E-state index contributed by atoms with van der Waals surface area (Å²) in [6, 6.07) is 1.71. The van der Waals surface area contributed by atoms with Gasteiger partial charge in [0.15, 0.2) is 0 Å². The molecule has 0 aliphatic carbocycles. The summed E-state index contributed by atoms with van der Waals surface area (Å²) >= 11 is 1.09. The Balaban J connectivity index is 2.47. The monoisotopic (exact) mass is 333 g/mol. The average molecular weight is 333 g/mol. The largest absolute Gasteiger partial charge is 0.391 e. The zero-order valence-electron chi connectivity index (χ0n) is 11.3. The van der Waals surface area contributed by atoms with Crippen LogP contribution in [0.2, 0.25) is 0 Å². The highest BCUT2D eigenvalue weighted by molar-refractivity contribution is 7.93. The first-order chi connectivity index (χ1) is 9.76. The fourth-order valence-electron chi connectivity index (χ4n) is 1.88. The molecule has 0 aliphatic heterocycles. The van der Waals surface area contributed by atoms with Crippen molar-refractivity contribution in [3.05, 3.63) is 45.2 Å². The van der Waals surface area contributed by atoms with Crippen molar-refractivity contribution in [2.45, 2.75) is 25.3 Å². The molecule has 2 N–H and O–H groups in total. The van der Waals surface area contributed by atoms with Crippen LogP contribution in [0.5, 0.6) is 0 Å². The summed E-state index contributed by atoms with van der Waals surface area (Å²) in [5.74, 6) is -1.57. The molecular formula is C13H13F2NO3S2. The van der Waals surface area contributed by atoms with Gasteiger partial charge in [-0.1, -0.05) is 0 Å². The minimum absolute atomic E-state index is 0.0817. The van der Waals surface area contributed by atoms with E-state index in [2.05, 4.69) is 0 Å². The Bertz CT molecular complexity index is 785. The first-order valence-electron chi connectivity index (χ1n) is 5.92. The lowest BCUT2D eigenvalue weighted by molar-refractivity contribution is 0.282. The van der Waals surface area contributed by atoms with Crippen molar-refractivity contribution in [3.63, 3.8) is 0 Å². The number of nitrogens with one attached hydrogen (secondary N) is 1. The van der Waals surface area contributed by atoms with Gasteiger partial charge in [0, 0.05) is 6.07 Å². The Morgan fingerprint density at radius 2 is 1.86 bits per heavy atom. The summed E-state index contributed by atoms with van der Waals surface area (Å²) < 4.78 is 53.8. The van der Waals surface area contributed by atoms with Crippen LogP contribution >= 0.6 is 11.3 Å². The molecule has 1 aromatic heterocycles. The normalized spacial score (nSPS) is 11.7. The van der Waals surface area contributed by atoms with Crippen LogP contribution in [0.25, 0.3) is 0 Å². The maximum absolute atomic E-state index is 13.7. The number of thiophene rings is 1. The third-order valence-corrected chi connectivity index (χ3v) is 5.71. The lowest BCUT2D eigenvalue weighted by Crippen LogP contribution is -2.16. The van der Waals surface area contributed by atoms with Crippen molar-refractivity contribution in [1.82, 2.24) is 0 Å². The highest BCUT2D eigenvalue weighted by Gasteiger charge is 2.24. The number of aliphatic hydroxyl groups excluding tert-OH is 1. The lowest BCUT2D eigenvalue weighted by atomic mass is 10.2. The zero-order valence-corrected chi connectivity index (χ0v) is 12.9. The standard InChI is InChI=1S/C13H13F2NO3S2/c1-7-3-10(15)11(4-9(7)14)16-21(18,19)13-8(2)6-20-12(13)5-17/h3-4,6,16-17H,5H2,1-2H3. The molecule has 21 heavy (non-hydrogen) atoms. The van der Waals surface area contributed by atoms with Crippen LogP contribution in [-0.2, 0) is 16.6 Å². The second-order valence-electron chi connectivity index (χ2n) is 4.52. The summed E-state index contributed by atoms with van der Waals surface area (Å²) in [6.07, 6.45) is 0. The predicted molar refractivity (Wildman–Crippen MR) is 76.9 cm³/mol. The number of aryl methyl sites for hydroxylation is 2. The van der Waals surface area contributed by atoms with Gasteiger partial charge >= 0.3 is 0 Å². The summed E-state index contributed by atoms with van der Waals surface area (Å²) in [5, 5.41) is 10.8. The predicted octanol–water partition coefficient (Wildman–Crippen LogP) is 2.94. The Hall–Kier alpha value is -1.51. The van der Waals surface area contributed by atoms with E-state index in [1.54, 1.807) is 12.3 Å². The Kier molecular flexibility index (Phi) is 4.31. The molecule has 8 heteroatoms. The number of benzene rings is 1. The molecule has 0 atom stereocenters. The molecule has 0 amide bonds. The van der Waals surface area contributed by atoms with Crippen LogP contribution < -0.4 is 4.72 Å². The molecule has 0 aliphatic rings. The van der Waals surface area contributed by atoms with E-state index in [9.17, 15) is 22.3 Å². The lowest BCUT2D eigenvalue weighted by Gasteiger charge is -2.11. The smallest absolute Gasteiger partial charge is 0.263 e. The maximum Gasteiger partial charge on any atom is 0.263 e. The van der Waals surface area contributed by atoms with Gasteiger partial charge in [-0.3, -0.25) is 4.72 Å². The average Bonchev–Trinajstić information content (AvgIpc) is 2.77. The van der Waals surface area contributed by atoms with Crippen LogP contribution in [0.3, 0.4) is 0 Å². The minimum Gasteiger partial charge on any atom is -0.391 e. The van der Waals surface area contributed by atoms with Gasteiger partial charge < -0.3 is 5.11 Å². The van der Waals surface area contributed by atoms with Crippen molar-refractivity contribution in [2.24, 2.45) is 0 Å². The van der Waals surface area contributed by atoms with Gasteiger partial charge in [-0.15, -0.1) is 11.3 Å². The van der Waals surface area contributed by atoms with E-state index in [-0.39, 0.29) is 15.3 Å². The third-order valence-electron chi connectivity index (χ3n) is 2.89. The van der Waals surface area contributed by atoms with Gasteiger partial charge in [0.25, 0.3) is 10.0 Å². The number of rotatable bonds is 4. The van der Waals surface area contributed by atoms with Gasteiger partial charge in [0.1, 0.15) is 16.5 Å². The molecule has 0 fully saturated rings. The maximum atomic E-state index is 13.7. The van der Waals surface area contributed by atoms with E-state index in [1.807, 2.05) is 4.72 Å². The number of hydrogen-bond donors (Lipinski definition) is 2. The molecule has 1 aromatic carbocycles. The summed E-state index contributed by atoms with van der Waals surface area (Å²) in [6.45, 7) is 2.50. The molecule has 2 aromatic rings. The van der Waals surface area contributed by atoms with E-state index in [0.717, 1.165) is 23.5 Å². The van der Waals surface area contributed by atoms with Crippen molar-refractivity contribution >= 4 is 27.0 Å². The molecule has 2 rings (SSSR count). The van der Waals surface area contributed by atoms with Crippen molar-refractivity contribution in [1.29, 1.82) is 0 Å². The first kappa shape index (κ1) is 15.9. The van der Waals surface area contributed by atoms with Gasteiger partial charge in [-0.2, -0.15) is 0 Å². The molecule has 0 spiro atoms. The second-order valence-corrected chi connectivity index (χ2v) is 7.10. The SMILES string of the molecule is Cc1cc(F)c(NS(=O)(=O)c2c(C)csc2CO)cc1F. The van der Waals surface area contributed by atoms with Crippen LogP contribution in [-0.4, -0.2) is 13.5 Å².